The summed E-state index contributed by atoms with van der Waals surface area (Å²) in [7, 11) is 0. The summed E-state index contributed by atoms with van der Waals surface area (Å²) < 4.78 is 1.36. The Balaban J connectivity index is 0.00000144. The molecule has 0 unspecified atom stereocenters. The fourth-order valence-electron chi connectivity index (χ4n) is 1.38. The molecule has 1 aromatic heterocycles. The number of nitrogens with two attached hydrogens (primary N) is 1. The number of anilines is 1. The van der Waals surface area contributed by atoms with E-state index in [1.54, 1.807) is 12.1 Å². The van der Waals surface area contributed by atoms with Crippen LogP contribution in [-0.4, -0.2) is 0 Å². The number of nitriles is 1. The van der Waals surface area contributed by atoms with E-state index < -0.39 is 11.5 Å². The molecule has 0 atom stereocenters. The third-order valence-corrected chi connectivity index (χ3v) is 2.64. The minimum absolute atomic E-state index is 0. The van der Waals surface area contributed by atoms with E-state index in [4.69, 9.17) is 11.0 Å². The van der Waals surface area contributed by atoms with Gasteiger partial charge in [-0.3, -0.25) is 5.73 Å². The molecule has 0 aliphatic carbocycles. The molecule has 2 N–H and O–H groups in total. The predicted molar refractivity (Wildman–Crippen MR) is 59.4 cm³/mol. The summed E-state index contributed by atoms with van der Waals surface area (Å²) in [6.45, 7) is 0. The Hall–Kier alpha value is -1.53. The van der Waals surface area contributed by atoms with Crippen LogP contribution < -0.4 is 15.2 Å². The number of halogens is 1. The zero-order chi connectivity index (χ0) is 11.9. The number of hydrogen-bond donors (Lipinski definition) is 1. The molecule has 89 valence electrons. The van der Waals surface area contributed by atoms with Gasteiger partial charge >= 0.3 is 30.1 Å². The predicted octanol–water partition coefficient (Wildman–Crippen LogP) is 0.202. The molecule has 18 heavy (non-hydrogen) atoms. The van der Waals surface area contributed by atoms with E-state index in [1.807, 2.05) is 0 Å². The second kappa shape index (κ2) is 5.88. The normalized spacial score (nSPS) is 9.11. The fourth-order valence-corrected chi connectivity index (χ4v) is 1.73. The van der Waals surface area contributed by atoms with Gasteiger partial charge in [0.25, 0.3) is 5.52 Å². The molecule has 1 aromatic carbocycles. The average Bonchev–Trinajstić information content (AvgIpc) is 2.27. The summed E-state index contributed by atoms with van der Waals surface area (Å²) >= 11 is 3.18. The van der Waals surface area contributed by atoms with Crippen LogP contribution in [0.15, 0.2) is 22.7 Å². The maximum atomic E-state index is 11.7. The van der Waals surface area contributed by atoms with Crippen molar-refractivity contribution in [2.24, 2.45) is 0 Å². The van der Waals surface area contributed by atoms with Gasteiger partial charge in [-0.15, -0.1) is 4.73 Å². The molecular formula is C9H5BrN4O3V+2. The van der Waals surface area contributed by atoms with E-state index >= 15 is 0 Å². The summed E-state index contributed by atoms with van der Waals surface area (Å²) in [5.41, 5.74) is 5.20. The molecule has 1 radical (unpaired) electrons. The quantitative estimate of drug-likeness (QED) is 0.538. The van der Waals surface area contributed by atoms with Crippen molar-refractivity contribution >= 4 is 32.8 Å². The van der Waals surface area contributed by atoms with E-state index in [-0.39, 0.29) is 35.1 Å². The van der Waals surface area contributed by atoms with Crippen molar-refractivity contribution in [3.05, 3.63) is 38.8 Å². The van der Waals surface area contributed by atoms with Crippen LogP contribution in [0.2, 0.25) is 0 Å². The number of benzene rings is 1. The SMILES string of the molecule is N#Cc1c(N)[n+]([O-])c2ccc(Br)cc2[n+]1[O-].[O-2].[V+4]. The van der Waals surface area contributed by atoms with Crippen LogP contribution in [0.3, 0.4) is 0 Å². The Morgan fingerprint density at radius 1 is 1.22 bits per heavy atom. The van der Waals surface area contributed by atoms with Crippen molar-refractivity contribution in [3.8, 4) is 6.07 Å². The molecule has 0 spiro atoms. The Morgan fingerprint density at radius 2 is 1.83 bits per heavy atom. The summed E-state index contributed by atoms with van der Waals surface area (Å²) in [6.07, 6.45) is 0. The number of hydrogen-bond acceptors (Lipinski definition) is 4. The van der Waals surface area contributed by atoms with Gasteiger partial charge in [-0.1, -0.05) is 15.9 Å². The zero-order valence-electron chi connectivity index (χ0n) is 8.70. The molecule has 0 aliphatic rings. The van der Waals surface area contributed by atoms with Gasteiger partial charge < -0.3 is 15.9 Å². The standard InChI is InChI=1S/C9H5BrN4O2.O.V/c10-5-1-2-6-7(3-5)13(15)8(4-11)9(12)14(6)16;;/h1-3H,12H2;;/q;-2;+4. The minimum Gasteiger partial charge on any atom is -2.00 e. The fraction of sp³-hybridized carbons (Fsp3) is 0. The molecule has 0 saturated heterocycles. The topological polar surface area (TPSA) is 132 Å². The van der Waals surface area contributed by atoms with Gasteiger partial charge in [0.2, 0.25) is 5.52 Å². The average molecular weight is 348 g/mol. The Bertz CT molecular complexity index is 644. The van der Waals surface area contributed by atoms with Crippen LogP contribution in [0.5, 0.6) is 0 Å². The van der Waals surface area contributed by atoms with E-state index in [0.717, 1.165) is 0 Å². The minimum atomic E-state index is -0.402. The number of nitrogens with zero attached hydrogens (tertiary/aromatic N) is 3. The zero-order valence-corrected chi connectivity index (χ0v) is 11.7. The molecule has 7 nitrogen and oxygen atoms in total. The van der Waals surface area contributed by atoms with E-state index in [2.05, 4.69) is 15.9 Å². The van der Waals surface area contributed by atoms with Crippen molar-refractivity contribution in [3.63, 3.8) is 0 Å². The Morgan fingerprint density at radius 3 is 2.39 bits per heavy atom. The third kappa shape index (κ3) is 2.35. The molecule has 1 heterocycles. The molecule has 2 aromatic rings. The maximum Gasteiger partial charge on any atom is 4.00 e. The number of aromatic nitrogens is 2. The summed E-state index contributed by atoms with van der Waals surface area (Å²) in [6, 6.07) is 6.13. The van der Waals surface area contributed by atoms with E-state index in [9.17, 15) is 10.4 Å². The largest absolute Gasteiger partial charge is 4.00 e. The van der Waals surface area contributed by atoms with Gasteiger partial charge in [0.1, 0.15) is 0 Å². The molecule has 2 rings (SSSR count). The van der Waals surface area contributed by atoms with Crippen molar-refractivity contribution in [2.45, 2.75) is 0 Å². The Labute approximate surface area is 122 Å². The number of nitrogen functional groups attached to an aromatic ring is 1. The van der Waals surface area contributed by atoms with Gasteiger partial charge in [0.15, 0.2) is 6.07 Å². The molecule has 0 bridgehead atoms. The first-order chi connectivity index (χ1) is 7.56. The van der Waals surface area contributed by atoms with Crippen LogP contribution >= 0.6 is 15.9 Å². The van der Waals surface area contributed by atoms with Crippen LogP contribution in [-0.2, 0) is 24.0 Å². The second-order valence-electron chi connectivity index (χ2n) is 3.07. The molecule has 0 amide bonds. The van der Waals surface area contributed by atoms with Gasteiger partial charge in [0.05, 0.1) is 0 Å². The molecule has 0 fully saturated rings. The first kappa shape index (κ1) is 16.5. The summed E-state index contributed by atoms with van der Waals surface area (Å²) in [5.74, 6) is -0.396. The second-order valence-corrected chi connectivity index (χ2v) is 3.98. The molecular weight excluding hydrogens is 343 g/mol. The van der Waals surface area contributed by atoms with Gasteiger partial charge in [0, 0.05) is 10.5 Å². The Kier molecular flexibility index (Phi) is 5.38. The van der Waals surface area contributed by atoms with Crippen molar-refractivity contribution in [2.75, 3.05) is 5.73 Å². The van der Waals surface area contributed by atoms with Gasteiger partial charge in [-0.2, -0.15) is 5.26 Å². The summed E-state index contributed by atoms with van der Waals surface area (Å²) in [5, 5.41) is 32.1. The third-order valence-electron chi connectivity index (χ3n) is 2.15. The molecule has 0 aliphatic heterocycles. The maximum absolute atomic E-state index is 11.7. The monoisotopic (exact) mass is 347 g/mol. The van der Waals surface area contributed by atoms with Crippen LogP contribution in [0.1, 0.15) is 5.69 Å². The number of fused-ring (bicyclic) bond motifs is 1. The van der Waals surface area contributed by atoms with E-state index in [1.165, 1.54) is 12.1 Å². The molecule has 0 saturated carbocycles. The van der Waals surface area contributed by atoms with Crippen molar-refractivity contribution < 1.29 is 33.5 Å². The van der Waals surface area contributed by atoms with E-state index in [0.29, 0.717) is 13.9 Å². The van der Waals surface area contributed by atoms with Crippen molar-refractivity contribution in [1.29, 1.82) is 5.26 Å². The van der Waals surface area contributed by atoms with Crippen molar-refractivity contribution in [1.82, 2.24) is 0 Å². The first-order valence-electron chi connectivity index (χ1n) is 4.20. The van der Waals surface area contributed by atoms with Crippen LogP contribution in [0.25, 0.3) is 11.0 Å². The number of rotatable bonds is 0. The first-order valence-corrected chi connectivity index (χ1v) is 4.99. The van der Waals surface area contributed by atoms with Crippen LogP contribution in [0, 0.1) is 21.7 Å². The molecule has 9 heteroatoms. The van der Waals surface area contributed by atoms with Gasteiger partial charge in [-0.05, 0) is 12.1 Å². The van der Waals surface area contributed by atoms with Gasteiger partial charge in [-0.25, -0.2) is 4.73 Å². The van der Waals surface area contributed by atoms with Crippen LogP contribution in [0.4, 0.5) is 5.82 Å². The summed E-state index contributed by atoms with van der Waals surface area (Å²) in [4.78, 5) is 0. The smallest absolute Gasteiger partial charge is 2.00 e.